The Labute approximate surface area is 284 Å². The van der Waals surface area contributed by atoms with E-state index in [0.29, 0.717) is 69.7 Å². The maximum absolute atomic E-state index is 9.81. The summed E-state index contributed by atoms with van der Waals surface area (Å²) in [5, 5.41) is 22.4. The van der Waals surface area contributed by atoms with Crippen LogP contribution in [0.1, 0.15) is 50.9 Å². The summed E-state index contributed by atoms with van der Waals surface area (Å²) in [6.07, 6.45) is 6.86. The molecule has 0 amide bonds. The molecular weight excluding hydrogens is 637 g/mol. The van der Waals surface area contributed by atoms with Gasteiger partial charge < -0.3 is 25.2 Å². The second-order valence-electron chi connectivity index (χ2n) is 12.1. The highest BCUT2D eigenvalue weighted by atomic mass is 35.5. The zero-order valence-corrected chi connectivity index (χ0v) is 28.4. The summed E-state index contributed by atoms with van der Waals surface area (Å²) >= 11 is 14.2. The van der Waals surface area contributed by atoms with Crippen LogP contribution in [0.2, 0.25) is 10.0 Å². The number of aromatic nitrogens is 5. The second-order valence-corrected chi connectivity index (χ2v) is 12.8. The Bertz CT molecular complexity index is 1870. The number of halogens is 2. The lowest BCUT2D eigenvalue weighted by atomic mass is 9.93. The van der Waals surface area contributed by atoms with Crippen molar-refractivity contribution in [2.24, 2.45) is 0 Å². The lowest BCUT2D eigenvalue weighted by Crippen LogP contribution is -2.34. The number of benzene rings is 1. The summed E-state index contributed by atoms with van der Waals surface area (Å²) in [7, 11) is 3.22. The highest BCUT2D eigenvalue weighted by molar-refractivity contribution is 6.39. The molecule has 1 fully saturated rings. The molecule has 0 atom stereocenters. The molecule has 0 saturated heterocycles. The largest absolute Gasteiger partial charge is 0.493 e. The normalized spacial score (nSPS) is 16.6. The average Bonchev–Trinajstić information content (AvgIpc) is 3.50. The molecule has 12 heteroatoms. The minimum absolute atomic E-state index is 0.196. The first-order valence-corrected chi connectivity index (χ1v) is 16.6. The standard InChI is InChI=1S/C35H39Cl2N7O3/c1-20(2)39-17-21-8-13-28(41-35(21)47-4)27-7-5-6-25(31(27)36)26-14-15-38-33(32(26)37)22-16-29(46-3)34-42-30(43-44(34)19-22)18-40-23-9-11-24(45)12-10-23/h5-8,13-16,19-20,23-24,39-40,45H,9-12,17-18H2,1-4H3/t23-,24-. The van der Waals surface area contributed by atoms with Gasteiger partial charge in [0, 0.05) is 58.8 Å². The smallest absolute Gasteiger partial charge is 0.218 e. The fourth-order valence-electron chi connectivity index (χ4n) is 5.91. The predicted molar refractivity (Wildman–Crippen MR) is 185 cm³/mol. The molecule has 4 aromatic heterocycles. The number of pyridine rings is 3. The highest BCUT2D eigenvalue weighted by Gasteiger charge is 2.22. The summed E-state index contributed by atoms with van der Waals surface area (Å²) < 4.78 is 13.0. The first-order chi connectivity index (χ1) is 22.7. The van der Waals surface area contributed by atoms with Crippen LogP contribution in [0.4, 0.5) is 0 Å². The Balaban J connectivity index is 1.31. The van der Waals surface area contributed by atoms with Gasteiger partial charge in [-0.2, -0.15) is 0 Å². The minimum Gasteiger partial charge on any atom is -0.493 e. The second kappa shape index (κ2) is 14.5. The van der Waals surface area contributed by atoms with Crippen LogP contribution in [-0.4, -0.2) is 62.1 Å². The Morgan fingerprint density at radius 1 is 0.936 bits per heavy atom. The monoisotopic (exact) mass is 675 g/mol. The van der Waals surface area contributed by atoms with Gasteiger partial charge in [-0.05, 0) is 43.9 Å². The fraction of sp³-hybridized carbons (Fsp3) is 0.371. The van der Waals surface area contributed by atoms with Crippen molar-refractivity contribution in [1.29, 1.82) is 0 Å². The Kier molecular flexibility index (Phi) is 10.2. The summed E-state index contributed by atoms with van der Waals surface area (Å²) in [5.41, 5.74) is 5.78. The minimum atomic E-state index is -0.196. The molecule has 4 heterocycles. The van der Waals surface area contributed by atoms with Crippen LogP contribution < -0.4 is 20.1 Å². The molecule has 1 aliphatic carbocycles. The van der Waals surface area contributed by atoms with Crippen molar-refractivity contribution >= 4 is 28.8 Å². The van der Waals surface area contributed by atoms with E-state index >= 15 is 0 Å². The molecule has 0 bridgehead atoms. The Hall–Kier alpha value is -3.80. The van der Waals surface area contributed by atoms with Crippen LogP contribution in [0, 0.1) is 0 Å². The van der Waals surface area contributed by atoms with Gasteiger partial charge in [-0.1, -0.05) is 61.3 Å². The van der Waals surface area contributed by atoms with E-state index in [2.05, 4.69) is 29.5 Å². The van der Waals surface area contributed by atoms with Gasteiger partial charge in [0.2, 0.25) is 5.88 Å². The van der Waals surface area contributed by atoms with E-state index in [1.807, 2.05) is 48.7 Å². The number of fused-ring (bicyclic) bond motifs is 1. The van der Waals surface area contributed by atoms with Crippen LogP contribution in [0.15, 0.2) is 54.9 Å². The number of hydrogen-bond acceptors (Lipinski definition) is 9. The summed E-state index contributed by atoms with van der Waals surface area (Å²) in [6, 6.07) is 14.2. The van der Waals surface area contributed by atoms with Crippen molar-refractivity contribution < 1.29 is 14.6 Å². The van der Waals surface area contributed by atoms with Crippen LogP contribution in [0.25, 0.3) is 39.3 Å². The SMILES string of the molecule is COc1nc(-c2cccc(-c3ccnc(-c4cc(OC)c5nc(CN[C@H]6CC[C@H](O)CC6)nn5c4)c3Cl)c2Cl)ccc1CNC(C)C. The zero-order chi connectivity index (χ0) is 33.1. The van der Waals surface area contributed by atoms with E-state index < -0.39 is 0 Å². The van der Waals surface area contributed by atoms with Crippen molar-refractivity contribution in [2.75, 3.05) is 14.2 Å². The number of aliphatic hydroxyl groups is 1. The maximum Gasteiger partial charge on any atom is 0.218 e. The predicted octanol–water partition coefficient (Wildman–Crippen LogP) is 6.74. The third-order valence-corrected chi connectivity index (χ3v) is 9.26. The van der Waals surface area contributed by atoms with E-state index in [0.717, 1.165) is 53.5 Å². The van der Waals surface area contributed by atoms with Crippen LogP contribution >= 0.6 is 23.2 Å². The number of methoxy groups -OCH3 is 2. The molecule has 47 heavy (non-hydrogen) atoms. The number of nitrogens with one attached hydrogen (secondary N) is 2. The molecule has 0 aliphatic heterocycles. The van der Waals surface area contributed by atoms with E-state index in [4.69, 9.17) is 47.7 Å². The quantitative estimate of drug-likeness (QED) is 0.140. The van der Waals surface area contributed by atoms with Crippen LogP contribution in [0.3, 0.4) is 0 Å². The summed E-state index contributed by atoms with van der Waals surface area (Å²) in [5.74, 6) is 1.75. The number of hydrogen-bond donors (Lipinski definition) is 3. The molecular formula is C35H39Cl2N7O3. The summed E-state index contributed by atoms with van der Waals surface area (Å²) in [4.78, 5) is 14.1. The molecule has 5 aromatic rings. The highest BCUT2D eigenvalue weighted by Crippen LogP contribution is 2.42. The van der Waals surface area contributed by atoms with Gasteiger partial charge in [-0.3, -0.25) is 4.98 Å². The van der Waals surface area contributed by atoms with Gasteiger partial charge in [0.05, 0.1) is 48.3 Å². The lowest BCUT2D eigenvalue weighted by Gasteiger charge is -2.25. The van der Waals surface area contributed by atoms with Crippen LogP contribution in [0.5, 0.6) is 11.6 Å². The first kappa shape index (κ1) is 33.1. The topological polar surface area (TPSA) is 119 Å². The molecule has 0 spiro atoms. The van der Waals surface area contributed by atoms with Gasteiger partial charge in [0.25, 0.3) is 0 Å². The molecule has 0 radical (unpaired) electrons. The zero-order valence-electron chi connectivity index (χ0n) is 26.9. The average molecular weight is 677 g/mol. The van der Waals surface area contributed by atoms with Crippen molar-refractivity contribution in [1.82, 2.24) is 35.2 Å². The van der Waals surface area contributed by atoms with E-state index in [-0.39, 0.29) is 6.10 Å². The molecule has 0 unspecified atom stereocenters. The molecule has 1 saturated carbocycles. The van der Waals surface area contributed by atoms with Crippen LogP contribution in [-0.2, 0) is 13.1 Å². The molecule has 10 nitrogen and oxygen atoms in total. The van der Waals surface area contributed by atoms with E-state index in [1.165, 1.54) is 0 Å². The number of aliphatic hydroxyl groups excluding tert-OH is 1. The van der Waals surface area contributed by atoms with Gasteiger partial charge in [0.15, 0.2) is 17.2 Å². The fourth-order valence-corrected chi connectivity index (χ4v) is 6.55. The van der Waals surface area contributed by atoms with Gasteiger partial charge in [-0.25, -0.2) is 14.5 Å². The number of rotatable bonds is 11. The molecule has 1 aromatic carbocycles. The molecule has 1 aliphatic rings. The van der Waals surface area contributed by atoms with Crippen molar-refractivity contribution in [3.8, 4) is 45.3 Å². The van der Waals surface area contributed by atoms with Gasteiger partial charge >= 0.3 is 0 Å². The first-order valence-electron chi connectivity index (χ1n) is 15.8. The number of nitrogens with zero attached hydrogens (tertiary/aromatic N) is 5. The molecule has 6 rings (SSSR count). The van der Waals surface area contributed by atoms with E-state index in [1.54, 1.807) is 24.9 Å². The van der Waals surface area contributed by atoms with Crippen molar-refractivity contribution in [3.63, 3.8) is 0 Å². The van der Waals surface area contributed by atoms with Gasteiger partial charge in [-0.15, -0.1) is 5.10 Å². The van der Waals surface area contributed by atoms with Crippen molar-refractivity contribution in [2.45, 2.75) is 70.8 Å². The Morgan fingerprint density at radius 2 is 1.70 bits per heavy atom. The number of ether oxygens (including phenoxy) is 2. The summed E-state index contributed by atoms with van der Waals surface area (Å²) in [6.45, 7) is 5.36. The maximum atomic E-state index is 9.81. The van der Waals surface area contributed by atoms with Gasteiger partial charge in [0.1, 0.15) is 0 Å². The molecule has 3 N–H and O–H groups in total. The lowest BCUT2D eigenvalue weighted by molar-refractivity contribution is 0.116. The van der Waals surface area contributed by atoms with E-state index in [9.17, 15) is 5.11 Å². The van der Waals surface area contributed by atoms with Crippen molar-refractivity contribution in [3.05, 3.63) is 76.3 Å². The Morgan fingerprint density at radius 3 is 2.45 bits per heavy atom. The third-order valence-electron chi connectivity index (χ3n) is 8.47. The molecule has 246 valence electrons. The third kappa shape index (κ3) is 7.22.